The van der Waals surface area contributed by atoms with Crippen LogP contribution in [0.15, 0.2) is 93.6 Å². The van der Waals surface area contributed by atoms with Crippen LogP contribution in [0.1, 0.15) is 71.0 Å². The van der Waals surface area contributed by atoms with Gasteiger partial charge in [0.05, 0.1) is 21.5 Å². The van der Waals surface area contributed by atoms with Gasteiger partial charge in [0.25, 0.3) is 20.2 Å². The zero-order chi connectivity index (χ0) is 38.2. The lowest BCUT2D eigenvalue weighted by atomic mass is 10.0. The number of hydrogen-bond acceptors (Lipinski definition) is 10. The Morgan fingerprint density at radius 3 is 1.96 bits per heavy atom. The molecule has 1 aliphatic rings. The number of nitrogens with zero attached hydrogens (tertiary/aromatic N) is 4. The molecule has 0 radical (unpaired) electrons. The van der Waals surface area contributed by atoms with E-state index in [4.69, 9.17) is 36.5 Å². The van der Waals surface area contributed by atoms with Gasteiger partial charge in [0.1, 0.15) is 11.5 Å². The monoisotopic (exact) mass is 787 g/mol. The van der Waals surface area contributed by atoms with E-state index in [9.17, 15) is 21.6 Å². The Morgan fingerprint density at radius 1 is 0.904 bits per heavy atom. The summed E-state index contributed by atoms with van der Waals surface area (Å²) >= 11 is 8.16. The highest BCUT2D eigenvalue weighted by molar-refractivity contribution is 7.86. The lowest BCUT2D eigenvalue weighted by Crippen LogP contribution is -2.18. The van der Waals surface area contributed by atoms with E-state index in [1.54, 1.807) is 35.6 Å². The van der Waals surface area contributed by atoms with E-state index in [0.717, 1.165) is 45.8 Å². The van der Waals surface area contributed by atoms with Gasteiger partial charge >= 0.3 is 5.97 Å². The lowest BCUT2D eigenvalue weighted by molar-refractivity contribution is -0.137. The third-order valence-electron chi connectivity index (χ3n) is 7.62. The first-order chi connectivity index (χ1) is 24.5. The van der Waals surface area contributed by atoms with Crippen LogP contribution in [-0.4, -0.2) is 57.5 Å². The number of carboxylic acid groups (broad SMARTS) is 1. The van der Waals surface area contributed by atoms with Gasteiger partial charge in [-0.05, 0) is 63.1 Å². The van der Waals surface area contributed by atoms with E-state index in [1.807, 2.05) is 42.7 Å². The fourth-order valence-electron chi connectivity index (χ4n) is 4.98. The summed E-state index contributed by atoms with van der Waals surface area (Å²) in [7, 11) is -8.04. The van der Waals surface area contributed by atoms with E-state index in [-0.39, 0.29) is 22.6 Å². The molecule has 0 bridgehead atoms. The minimum absolute atomic E-state index is 0.0247. The third kappa shape index (κ3) is 10.6. The molecule has 0 spiro atoms. The van der Waals surface area contributed by atoms with Gasteiger partial charge in [-0.3, -0.25) is 23.5 Å². The Labute approximate surface area is 311 Å². The van der Waals surface area contributed by atoms with Gasteiger partial charge in [-0.2, -0.15) is 16.8 Å². The van der Waals surface area contributed by atoms with Crippen LogP contribution in [0, 0.1) is 13.8 Å². The van der Waals surface area contributed by atoms with E-state index in [2.05, 4.69) is 23.2 Å². The van der Waals surface area contributed by atoms with Gasteiger partial charge in [-0.25, -0.2) is 0 Å². The Bertz CT molecular complexity index is 2200. The maximum absolute atomic E-state index is 11.0. The molecular formula is C35H38ClN5O8S3. The standard InChI is InChI=1S/C21H22ClN5O2S.2C7H8O3S/c1-2-5-12-10-14-19(13-6-3-4-7-15(13)22)24-11-17-25-26-20(27(17)21(14)30-12)16(23)8-9-18(28)29;2*1-6-2-4-7(5-3-6)11(8,9)10/h3-4,6-7,10,16H,2,5,8-9,11,23H2,1H3,(H,28,29);2*2-5H,1H3,(H,8,9,10)/t16-;;/m1../s1. The second-order valence-corrected chi connectivity index (χ2v) is 16.1. The minimum atomic E-state index is -4.02. The van der Waals surface area contributed by atoms with E-state index < -0.39 is 32.2 Å². The largest absolute Gasteiger partial charge is 0.481 e. The van der Waals surface area contributed by atoms with Crippen molar-refractivity contribution in [3.63, 3.8) is 0 Å². The average molecular weight is 788 g/mol. The van der Waals surface area contributed by atoms with Crippen LogP contribution >= 0.6 is 22.9 Å². The first-order valence-corrected chi connectivity index (χ1v) is 20.0. The van der Waals surface area contributed by atoms with Gasteiger partial charge < -0.3 is 10.8 Å². The molecule has 0 saturated heterocycles. The second kappa shape index (κ2) is 17.5. The van der Waals surface area contributed by atoms with Crippen molar-refractivity contribution < 1.29 is 35.8 Å². The minimum Gasteiger partial charge on any atom is -0.481 e. The number of aromatic nitrogens is 3. The third-order valence-corrected chi connectivity index (χ3v) is 10.9. The summed E-state index contributed by atoms with van der Waals surface area (Å²) in [5.74, 6) is 0.365. The highest BCUT2D eigenvalue weighted by Gasteiger charge is 2.28. The molecule has 0 amide bonds. The quantitative estimate of drug-likeness (QED) is 0.116. The summed E-state index contributed by atoms with van der Waals surface area (Å²) in [4.78, 5) is 16.9. The van der Waals surface area contributed by atoms with Crippen molar-refractivity contribution in [2.45, 2.75) is 68.8 Å². The number of thiophene rings is 1. The van der Waals surface area contributed by atoms with Crippen molar-refractivity contribution in [3.8, 4) is 5.00 Å². The molecule has 3 aromatic carbocycles. The summed E-state index contributed by atoms with van der Waals surface area (Å²) in [5.41, 5.74) is 10.9. The molecule has 5 N–H and O–H groups in total. The van der Waals surface area contributed by atoms with Gasteiger partial charge in [0.15, 0.2) is 11.6 Å². The normalized spacial score (nSPS) is 12.9. The van der Waals surface area contributed by atoms with Gasteiger partial charge in [0, 0.05) is 27.4 Å². The molecule has 1 aliphatic heterocycles. The number of benzene rings is 3. The van der Waals surface area contributed by atoms with Crippen LogP contribution < -0.4 is 5.73 Å². The smallest absolute Gasteiger partial charge is 0.303 e. The molecule has 0 unspecified atom stereocenters. The predicted octanol–water partition coefficient (Wildman–Crippen LogP) is 6.63. The molecule has 0 saturated carbocycles. The molecule has 52 heavy (non-hydrogen) atoms. The summed E-state index contributed by atoms with van der Waals surface area (Å²) < 4.78 is 61.1. The number of aliphatic carboxylic acids is 1. The molecule has 17 heteroatoms. The number of aryl methyl sites for hydroxylation is 3. The number of hydrogen-bond donors (Lipinski definition) is 4. The topological polar surface area (TPSA) is 215 Å². The second-order valence-electron chi connectivity index (χ2n) is 11.8. The average Bonchev–Trinajstić information content (AvgIpc) is 3.65. The summed E-state index contributed by atoms with van der Waals surface area (Å²) in [6.45, 7) is 6.16. The Balaban J connectivity index is 0.000000224. The Kier molecular flexibility index (Phi) is 13.6. The molecule has 13 nitrogen and oxygen atoms in total. The Morgan fingerprint density at radius 2 is 1.46 bits per heavy atom. The predicted molar refractivity (Wildman–Crippen MR) is 200 cm³/mol. The number of aliphatic imine (C=N–C) groups is 1. The Hall–Kier alpha value is -4.29. The first-order valence-electron chi connectivity index (χ1n) is 15.9. The number of nitrogens with two attached hydrogens (primary N) is 1. The summed E-state index contributed by atoms with van der Waals surface area (Å²) in [5, 5.41) is 19.2. The van der Waals surface area contributed by atoms with Crippen molar-refractivity contribution in [3.05, 3.63) is 123 Å². The molecule has 2 aromatic heterocycles. The SMILES string of the molecule is CCCc1cc2c(s1)-n1c(nnc1[C@H](N)CCC(=O)O)CN=C2c1ccccc1Cl.Cc1ccc(S(=O)(=O)O)cc1.Cc1ccc(S(=O)(=O)O)cc1. The van der Waals surface area contributed by atoms with E-state index in [1.165, 1.54) is 29.1 Å². The fourth-order valence-corrected chi connectivity index (χ4v) is 7.45. The molecule has 1 atom stereocenters. The van der Waals surface area contributed by atoms with Crippen LogP contribution in [0.5, 0.6) is 0 Å². The maximum Gasteiger partial charge on any atom is 0.303 e. The lowest BCUT2D eigenvalue weighted by Gasteiger charge is -2.13. The molecule has 276 valence electrons. The highest BCUT2D eigenvalue weighted by Crippen LogP contribution is 2.36. The van der Waals surface area contributed by atoms with E-state index >= 15 is 0 Å². The molecule has 6 rings (SSSR count). The van der Waals surface area contributed by atoms with Gasteiger partial charge in [-0.1, -0.05) is 78.5 Å². The number of halogens is 1. The van der Waals surface area contributed by atoms with Crippen LogP contribution in [0.25, 0.3) is 5.00 Å². The van der Waals surface area contributed by atoms with Crippen molar-refractivity contribution in [2.24, 2.45) is 10.7 Å². The first kappa shape index (κ1) is 40.5. The number of fused-ring (bicyclic) bond motifs is 3. The van der Waals surface area contributed by atoms with Gasteiger partial charge in [0.2, 0.25) is 0 Å². The number of carboxylic acids is 1. The van der Waals surface area contributed by atoms with Crippen molar-refractivity contribution in [2.75, 3.05) is 0 Å². The number of rotatable bonds is 9. The zero-order valence-electron chi connectivity index (χ0n) is 28.5. The maximum atomic E-state index is 11.0. The molecular weight excluding hydrogens is 750 g/mol. The van der Waals surface area contributed by atoms with E-state index in [0.29, 0.717) is 23.2 Å². The van der Waals surface area contributed by atoms with Crippen molar-refractivity contribution >= 4 is 54.9 Å². The molecule has 3 heterocycles. The van der Waals surface area contributed by atoms with Crippen LogP contribution in [0.3, 0.4) is 0 Å². The van der Waals surface area contributed by atoms with Crippen LogP contribution in [0.4, 0.5) is 0 Å². The van der Waals surface area contributed by atoms with Crippen molar-refractivity contribution in [1.29, 1.82) is 0 Å². The van der Waals surface area contributed by atoms with Gasteiger partial charge in [-0.15, -0.1) is 21.5 Å². The number of carbonyl (C=O) groups is 1. The fraction of sp³-hybridized carbons (Fsp3) is 0.257. The highest BCUT2D eigenvalue weighted by atomic mass is 35.5. The van der Waals surface area contributed by atoms with Crippen LogP contribution in [-0.2, 0) is 38.0 Å². The zero-order valence-corrected chi connectivity index (χ0v) is 31.7. The van der Waals surface area contributed by atoms with Crippen LogP contribution in [0.2, 0.25) is 5.02 Å². The summed E-state index contributed by atoms with van der Waals surface area (Å²) in [6.07, 6.45) is 2.24. The van der Waals surface area contributed by atoms with Crippen molar-refractivity contribution in [1.82, 2.24) is 14.8 Å². The molecule has 0 aliphatic carbocycles. The summed E-state index contributed by atoms with van der Waals surface area (Å²) in [6, 6.07) is 21.3. The molecule has 5 aromatic rings. The molecule has 0 fully saturated rings.